The predicted octanol–water partition coefficient (Wildman–Crippen LogP) is 1.90. The summed E-state index contributed by atoms with van der Waals surface area (Å²) in [6, 6.07) is 5.01. The molecule has 0 saturated heterocycles. The van der Waals surface area contributed by atoms with Gasteiger partial charge in [0.05, 0.1) is 13.2 Å². The Labute approximate surface area is 162 Å². The summed E-state index contributed by atoms with van der Waals surface area (Å²) in [6.45, 7) is 5.21. The van der Waals surface area contributed by atoms with Crippen LogP contribution in [0.2, 0.25) is 0 Å². The van der Waals surface area contributed by atoms with Crippen molar-refractivity contribution < 1.29 is 23.6 Å². The number of aromatic nitrogens is 2. The predicted molar refractivity (Wildman–Crippen MR) is 99.7 cm³/mol. The monoisotopic (exact) mass is 388 g/mol. The minimum absolute atomic E-state index is 0.0545. The number of amides is 2. The Morgan fingerprint density at radius 2 is 1.75 bits per heavy atom. The maximum atomic E-state index is 12.3. The Morgan fingerprint density at radius 1 is 1.07 bits per heavy atom. The summed E-state index contributed by atoms with van der Waals surface area (Å²) in [5, 5.41) is 9.18. The zero-order valence-corrected chi connectivity index (χ0v) is 16.0. The second kappa shape index (κ2) is 9.20. The second-order valence-corrected chi connectivity index (χ2v) is 6.27. The molecule has 1 fully saturated rings. The molecular weight excluding hydrogens is 364 g/mol. The normalized spacial score (nSPS) is 13.1. The minimum atomic E-state index is -0.451. The molecule has 0 spiro atoms. The summed E-state index contributed by atoms with van der Waals surface area (Å²) in [5.41, 5.74) is 0.448. The van der Waals surface area contributed by atoms with Crippen molar-refractivity contribution in [3.8, 4) is 11.5 Å². The van der Waals surface area contributed by atoms with E-state index in [0.717, 1.165) is 12.8 Å². The number of nitrogens with zero attached hydrogens (tertiary/aromatic N) is 2. The zero-order valence-electron chi connectivity index (χ0n) is 16.0. The van der Waals surface area contributed by atoms with Crippen LogP contribution in [0.1, 0.15) is 59.5 Å². The van der Waals surface area contributed by atoms with Gasteiger partial charge < -0.3 is 24.6 Å². The van der Waals surface area contributed by atoms with Crippen molar-refractivity contribution in [1.29, 1.82) is 0 Å². The lowest BCUT2D eigenvalue weighted by atomic mass is 10.2. The Morgan fingerprint density at radius 3 is 2.43 bits per heavy atom. The molecule has 9 nitrogen and oxygen atoms in total. The van der Waals surface area contributed by atoms with Crippen LogP contribution in [0, 0.1) is 0 Å². The van der Waals surface area contributed by atoms with E-state index in [4.69, 9.17) is 14.0 Å². The van der Waals surface area contributed by atoms with Crippen LogP contribution in [0.4, 0.5) is 0 Å². The largest absolute Gasteiger partial charge is 0.490 e. The van der Waals surface area contributed by atoms with Gasteiger partial charge in [0.15, 0.2) is 17.3 Å². The van der Waals surface area contributed by atoms with E-state index in [0.29, 0.717) is 42.0 Å². The van der Waals surface area contributed by atoms with Gasteiger partial charge in [-0.05, 0) is 44.9 Å². The molecule has 1 aliphatic rings. The molecule has 150 valence electrons. The quantitative estimate of drug-likeness (QED) is 0.597. The number of rotatable bonds is 10. The van der Waals surface area contributed by atoms with Crippen LogP contribution in [0.15, 0.2) is 22.7 Å². The molecule has 3 rings (SSSR count). The average Bonchev–Trinajstić information content (AvgIpc) is 3.43. The number of nitrogens with one attached hydrogen (secondary N) is 2. The minimum Gasteiger partial charge on any atom is -0.490 e. The Kier molecular flexibility index (Phi) is 6.46. The van der Waals surface area contributed by atoms with E-state index in [1.807, 2.05) is 13.8 Å². The van der Waals surface area contributed by atoms with E-state index in [2.05, 4.69) is 20.8 Å². The number of carbonyl (C=O) groups excluding carboxylic acids is 2. The first-order chi connectivity index (χ1) is 13.6. The van der Waals surface area contributed by atoms with E-state index < -0.39 is 5.91 Å². The lowest BCUT2D eigenvalue weighted by Gasteiger charge is -2.12. The maximum absolute atomic E-state index is 12.3. The van der Waals surface area contributed by atoms with E-state index in [1.54, 1.807) is 18.2 Å². The smallest absolute Gasteiger partial charge is 0.315 e. The number of ether oxygens (including phenoxy) is 2. The molecule has 0 atom stereocenters. The lowest BCUT2D eigenvalue weighted by molar-refractivity contribution is 0.0898. The van der Waals surface area contributed by atoms with Crippen molar-refractivity contribution in [3.63, 3.8) is 0 Å². The third-order valence-electron chi connectivity index (χ3n) is 4.08. The summed E-state index contributed by atoms with van der Waals surface area (Å²) >= 11 is 0. The first-order valence-corrected chi connectivity index (χ1v) is 9.42. The maximum Gasteiger partial charge on any atom is 0.315 e. The molecule has 1 aromatic carbocycles. The van der Waals surface area contributed by atoms with Crippen LogP contribution in [0.25, 0.3) is 0 Å². The van der Waals surface area contributed by atoms with Crippen molar-refractivity contribution in [2.75, 3.05) is 26.3 Å². The fourth-order valence-corrected chi connectivity index (χ4v) is 2.56. The van der Waals surface area contributed by atoms with Crippen LogP contribution in [0.3, 0.4) is 0 Å². The lowest BCUT2D eigenvalue weighted by Crippen LogP contribution is -2.34. The Hall–Kier alpha value is -3.10. The van der Waals surface area contributed by atoms with Crippen LogP contribution in [0.5, 0.6) is 11.5 Å². The summed E-state index contributed by atoms with van der Waals surface area (Å²) in [4.78, 5) is 28.4. The topological polar surface area (TPSA) is 116 Å². The van der Waals surface area contributed by atoms with Gasteiger partial charge in [0.1, 0.15) is 0 Å². The van der Waals surface area contributed by atoms with Crippen molar-refractivity contribution in [2.24, 2.45) is 0 Å². The number of hydrogen-bond acceptors (Lipinski definition) is 7. The fraction of sp³-hybridized carbons (Fsp3) is 0.474. The van der Waals surface area contributed by atoms with E-state index in [9.17, 15) is 9.59 Å². The molecule has 0 bridgehead atoms. The highest BCUT2D eigenvalue weighted by Gasteiger charge is 2.29. The summed E-state index contributed by atoms with van der Waals surface area (Å²) in [5.74, 6) is 1.24. The molecule has 2 N–H and O–H groups in total. The molecule has 1 aromatic heterocycles. The van der Waals surface area contributed by atoms with Gasteiger partial charge in [-0.1, -0.05) is 5.16 Å². The van der Waals surface area contributed by atoms with E-state index >= 15 is 0 Å². The summed E-state index contributed by atoms with van der Waals surface area (Å²) in [7, 11) is 0. The number of benzene rings is 1. The van der Waals surface area contributed by atoms with Gasteiger partial charge in [-0.3, -0.25) is 9.59 Å². The van der Waals surface area contributed by atoms with Crippen molar-refractivity contribution in [3.05, 3.63) is 35.5 Å². The van der Waals surface area contributed by atoms with Crippen LogP contribution in [-0.4, -0.2) is 48.3 Å². The molecule has 2 aromatic rings. The molecule has 28 heavy (non-hydrogen) atoms. The summed E-state index contributed by atoms with van der Waals surface area (Å²) < 4.78 is 16.0. The third kappa shape index (κ3) is 4.99. The van der Waals surface area contributed by atoms with Gasteiger partial charge >= 0.3 is 11.8 Å². The first kappa shape index (κ1) is 19.7. The average molecular weight is 388 g/mol. The van der Waals surface area contributed by atoms with Gasteiger partial charge in [0.25, 0.3) is 5.91 Å². The van der Waals surface area contributed by atoms with E-state index in [1.165, 1.54) is 0 Å². The Bertz CT molecular complexity index is 831. The van der Waals surface area contributed by atoms with Gasteiger partial charge in [0.2, 0.25) is 0 Å². The van der Waals surface area contributed by atoms with Crippen molar-refractivity contribution in [1.82, 2.24) is 20.8 Å². The molecule has 1 saturated carbocycles. The second-order valence-electron chi connectivity index (χ2n) is 6.27. The molecule has 1 heterocycles. The third-order valence-corrected chi connectivity index (χ3v) is 4.08. The molecule has 1 aliphatic carbocycles. The van der Waals surface area contributed by atoms with Crippen molar-refractivity contribution in [2.45, 2.75) is 32.6 Å². The highest BCUT2D eigenvalue weighted by Crippen LogP contribution is 2.38. The SMILES string of the molecule is CCOc1ccc(C(=O)NCCNC(=O)c2nc(C3CC3)no2)cc1OCC. The van der Waals surface area contributed by atoms with Crippen LogP contribution < -0.4 is 20.1 Å². The van der Waals surface area contributed by atoms with Crippen LogP contribution in [-0.2, 0) is 0 Å². The summed E-state index contributed by atoms with van der Waals surface area (Å²) in [6.07, 6.45) is 2.06. The van der Waals surface area contributed by atoms with Gasteiger partial charge in [-0.2, -0.15) is 4.98 Å². The molecule has 0 aliphatic heterocycles. The van der Waals surface area contributed by atoms with Gasteiger partial charge in [-0.25, -0.2) is 0 Å². The molecule has 2 amide bonds. The van der Waals surface area contributed by atoms with E-state index in [-0.39, 0.29) is 24.9 Å². The highest BCUT2D eigenvalue weighted by molar-refractivity contribution is 5.95. The highest BCUT2D eigenvalue weighted by atomic mass is 16.5. The van der Waals surface area contributed by atoms with Crippen LogP contribution >= 0.6 is 0 Å². The Balaban J connectivity index is 1.46. The molecule has 0 unspecified atom stereocenters. The standard InChI is InChI=1S/C19H24N4O5/c1-3-26-14-8-7-13(11-15(14)27-4-2)17(24)20-9-10-21-18(25)19-22-16(23-28-19)12-5-6-12/h7-8,11-12H,3-6,9-10H2,1-2H3,(H,20,24)(H,21,25). The van der Waals surface area contributed by atoms with Gasteiger partial charge in [-0.15, -0.1) is 0 Å². The fourth-order valence-electron chi connectivity index (χ4n) is 2.56. The number of carbonyl (C=O) groups is 2. The zero-order chi connectivity index (χ0) is 19.9. The molecule has 0 radical (unpaired) electrons. The first-order valence-electron chi connectivity index (χ1n) is 9.42. The van der Waals surface area contributed by atoms with Crippen molar-refractivity contribution >= 4 is 11.8 Å². The number of hydrogen-bond donors (Lipinski definition) is 2. The molecular formula is C19H24N4O5. The molecule has 9 heteroatoms. The van der Waals surface area contributed by atoms with Gasteiger partial charge in [0, 0.05) is 24.6 Å².